The minimum atomic E-state index is -4.61. The van der Waals surface area contributed by atoms with E-state index in [4.69, 9.17) is 19.2 Å². The number of carbonyl (C=O) groups excluding carboxylic acids is 5. The standard InChI is InChI=1S/C52H64F3N9O8/c1-9-43(65)62-21-22-71-42-27-61(26-41(42)62)50(69)60(7)45(30(2)3)47(66)58-39-24-33-13-10-15-37(57-33)32-17-18-40-35(23-32)36(25-51(5,6)29-72-49(68)38-16-12-20-64(59-38)48(39)67)46(63(40)28-52(53,54)55)34-14-11-19-56-44(34)31(4)70-8/h9-11,13-15,17-19,23,30-31,38-39,41-42,45,59H,1,12,16,20-22,24-29H2,2-8H3,(H,58,66)/t31-,38?,39-,41+,42-,45-/m0/s1. The molecular weight excluding hydrogens is 936 g/mol. The second-order valence-electron chi connectivity index (χ2n) is 20.3. The van der Waals surface area contributed by atoms with Crippen molar-refractivity contribution in [1.82, 2.24) is 45.0 Å². The van der Waals surface area contributed by atoms with Gasteiger partial charge in [-0.15, -0.1) is 0 Å². The van der Waals surface area contributed by atoms with Crippen LogP contribution in [-0.4, -0.2) is 154 Å². The van der Waals surface area contributed by atoms with Crippen molar-refractivity contribution in [2.75, 3.05) is 53.6 Å². The Bertz CT molecular complexity index is 2730. The lowest BCUT2D eigenvalue weighted by Gasteiger charge is -2.37. The summed E-state index contributed by atoms with van der Waals surface area (Å²) >= 11 is 0. The normalized spacial score (nSPS) is 22.5. The van der Waals surface area contributed by atoms with Crippen LogP contribution in [0.1, 0.15) is 70.5 Å². The molecule has 2 N–H and O–H groups in total. The number of nitrogens with one attached hydrogen (secondary N) is 2. The van der Waals surface area contributed by atoms with Crippen molar-refractivity contribution in [3.05, 3.63) is 84.3 Å². The number of esters is 1. The van der Waals surface area contributed by atoms with Crippen molar-refractivity contribution in [2.45, 2.75) is 109 Å². The highest BCUT2D eigenvalue weighted by atomic mass is 19.4. The highest BCUT2D eigenvalue weighted by Crippen LogP contribution is 2.43. The number of pyridine rings is 2. The molecule has 20 heteroatoms. The average Bonchev–Trinajstić information content (AvgIpc) is 3.92. The lowest BCUT2D eigenvalue weighted by atomic mass is 9.84. The minimum Gasteiger partial charge on any atom is -0.464 e. The Hall–Kier alpha value is -6.38. The van der Waals surface area contributed by atoms with E-state index in [9.17, 15) is 37.1 Å². The highest BCUT2D eigenvalue weighted by molar-refractivity contribution is 5.96. The molecule has 4 aromatic rings. The van der Waals surface area contributed by atoms with E-state index in [2.05, 4.69) is 22.3 Å². The topological polar surface area (TPSA) is 181 Å². The third-order valence-corrected chi connectivity index (χ3v) is 14.1. The number of nitrogens with zero attached hydrogens (tertiary/aromatic N) is 7. The predicted molar refractivity (Wildman–Crippen MR) is 261 cm³/mol. The lowest BCUT2D eigenvalue weighted by Crippen LogP contribution is -2.62. The molecule has 0 spiro atoms. The Morgan fingerprint density at radius 1 is 1.08 bits per heavy atom. The molecule has 3 fully saturated rings. The Kier molecular flexibility index (Phi) is 15.1. The average molecular weight is 1000 g/mol. The lowest BCUT2D eigenvalue weighted by molar-refractivity contribution is -0.155. The molecule has 386 valence electrons. The monoisotopic (exact) mass is 999 g/mol. The van der Waals surface area contributed by atoms with E-state index in [1.165, 1.54) is 34.7 Å². The van der Waals surface area contributed by atoms with Crippen LogP contribution in [0.2, 0.25) is 0 Å². The van der Waals surface area contributed by atoms with Gasteiger partial charge in [-0.25, -0.2) is 10.2 Å². The van der Waals surface area contributed by atoms with Gasteiger partial charge in [0, 0.05) is 79.5 Å². The quantitative estimate of drug-likeness (QED) is 0.152. The molecule has 0 radical (unpaired) electrons. The van der Waals surface area contributed by atoms with Gasteiger partial charge in [-0.05, 0) is 80.1 Å². The molecule has 17 nitrogen and oxygen atoms in total. The summed E-state index contributed by atoms with van der Waals surface area (Å²) in [6.45, 7) is 12.6. The van der Waals surface area contributed by atoms with Crippen LogP contribution in [0.4, 0.5) is 18.0 Å². The van der Waals surface area contributed by atoms with Gasteiger partial charge in [-0.1, -0.05) is 46.4 Å². The van der Waals surface area contributed by atoms with Gasteiger partial charge in [0.05, 0.1) is 55.1 Å². The number of aromatic nitrogens is 3. The maximum atomic E-state index is 14.8. The van der Waals surface area contributed by atoms with Gasteiger partial charge in [0.1, 0.15) is 24.7 Å². The third-order valence-electron chi connectivity index (χ3n) is 14.1. The van der Waals surface area contributed by atoms with Gasteiger partial charge < -0.3 is 38.8 Å². The summed E-state index contributed by atoms with van der Waals surface area (Å²) in [7, 11) is 3.04. The maximum Gasteiger partial charge on any atom is 0.406 e. The van der Waals surface area contributed by atoms with Gasteiger partial charge in [0.15, 0.2) is 0 Å². The predicted octanol–water partition coefficient (Wildman–Crippen LogP) is 5.86. The number of morpholine rings is 1. The molecule has 0 saturated carbocycles. The number of urea groups is 1. The van der Waals surface area contributed by atoms with E-state index in [1.807, 2.05) is 19.9 Å². The first-order valence-corrected chi connectivity index (χ1v) is 24.5. The van der Waals surface area contributed by atoms with Crippen molar-refractivity contribution in [3.63, 3.8) is 0 Å². The summed E-state index contributed by atoms with van der Waals surface area (Å²) in [5.41, 5.74) is 5.84. The maximum absolute atomic E-state index is 14.8. The first-order chi connectivity index (χ1) is 34.2. The Morgan fingerprint density at radius 3 is 2.58 bits per heavy atom. The van der Waals surface area contributed by atoms with Crippen molar-refractivity contribution < 1.29 is 51.4 Å². The number of carbonyl (C=O) groups is 5. The number of rotatable bonds is 9. The van der Waals surface area contributed by atoms with Crippen LogP contribution in [0.15, 0.2) is 67.4 Å². The molecule has 6 bridgehead atoms. The van der Waals surface area contributed by atoms with Gasteiger partial charge in [0.2, 0.25) is 11.8 Å². The van der Waals surface area contributed by atoms with Crippen LogP contribution in [0.3, 0.4) is 0 Å². The molecule has 5 amide bonds. The number of alkyl halides is 3. The van der Waals surface area contributed by atoms with Gasteiger partial charge in [-0.2, -0.15) is 13.2 Å². The summed E-state index contributed by atoms with van der Waals surface area (Å²) in [6, 6.07) is 9.77. The molecule has 0 aliphatic carbocycles. The first-order valence-electron chi connectivity index (χ1n) is 24.5. The number of fused-ring (bicyclic) bond motifs is 7. The molecular formula is C52H64F3N9O8. The summed E-state index contributed by atoms with van der Waals surface area (Å²) < 4.78 is 63.0. The number of hydrogen-bond donors (Lipinski definition) is 2. The SMILES string of the molecule is C=CC(=O)N1CCO[C@H]2CN(C(=O)N(C)[C@H](C(=O)N[C@H]3Cc4cccc(n4)-c4ccc5c(c4)c(c(-c4cccnc4[C@H](C)OC)n5CC(F)(F)F)CC(C)(C)COC(=O)C4CCCN(N4)C3=O)C(C)C)C[C@H]21. The van der Waals surface area contributed by atoms with Gasteiger partial charge >= 0.3 is 18.2 Å². The van der Waals surface area contributed by atoms with Crippen LogP contribution in [0.25, 0.3) is 33.4 Å². The number of halogens is 3. The summed E-state index contributed by atoms with van der Waals surface area (Å²) in [6.07, 6.45) is -1.92. The number of methoxy groups -OCH3 is 1. The van der Waals surface area contributed by atoms with E-state index in [0.29, 0.717) is 76.4 Å². The zero-order valence-corrected chi connectivity index (χ0v) is 41.8. The number of ether oxygens (including phenoxy) is 3. The molecule has 4 aliphatic rings. The molecule has 6 atom stereocenters. The van der Waals surface area contributed by atoms with E-state index in [1.54, 1.807) is 79.2 Å². The molecule has 72 heavy (non-hydrogen) atoms. The van der Waals surface area contributed by atoms with Crippen LogP contribution in [0, 0.1) is 11.3 Å². The number of hydrogen-bond acceptors (Lipinski definition) is 11. The van der Waals surface area contributed by atoms with E-state index >= 15 is 0 Å². The van der Waals surface area contributed by atoms with E-state index in [-0.39, 0.29) is 51.0 Å². The molecule has 3 aromatic heterocycles. The molecule has 7 heterocycles. The fourth-order valence-electron chi connectivity index (χ4n) is 10.6. The third kappa shape index (κ3) is 10.9. The van der Waals surface area contributed by atoms with Crippen molar-refractivity contribution in [1.29, 1.82) is 0 Å². The number of cyclic esters (lactones) is 1. The number of hydrazine groups is 1. The largest absolute Gasteiger partial charge is 0.464 e. The zero-order chi connectivity index (χ0) is 51.8. The number of amides is 5. The Morgan fingerprint density at radius 2 is 1.86 bits per heavy atom. The number of benzene rings is 1. The molecule has 1 aromatic carbocycles. The fraction of sp³-hybridized carbons (Fsp3) is 0.519. The van der Waals surface area contributed by atoms with E-state index in [0.717, 1.165) is 0 Å². The van der Waals surface area contributed by atoms with Crippen molar-refractivity contribution in [3.8, 4) is 22.5 Å². The molecule has 1 unspecified atom stereocenters. The van der Waals surface area contributed by atoms with Crippen molar-refractivity contribution in [2.24, 2.45) is 11.3 Å². The van der Waals surface area contributed by atoms with E-state index < -0.39 is 78.2 Å². The summed E-state index contributed by atoms with van der Waals surface area (Å²) in [5.74, 6) is -2.44. The highest BCUT2D eigenvalue weighted by Gasteiger charge is 2.46. The Labute approximate surface area is 417 Å². The molecule has 4 aliphatic heterocycles. The summed E-state index contributed by atoms with van der Waals surface area (Å²) in [5, 5.41) is 4.81. The van der Waals surface area contributed by atoms with Crippen LogP contribution in [0.5, 0.6) is 0 Å². The fourth-order valence-corrected chi connectivity index (χ4v) is 10.6. The smallest absolute Gasteiger partial charge is 0.406 e. The van der Waals surface area contributed by atoms with Crippen molar-refractivity contribution >= 4 is 40.6 Å². The Balaban J connectivity index is 1.18. The van der Waals surface area contributed by atoms with Crippen LogP contribution in [-0.2, 0) is 52.8 Å². The number of likely N-dealkylation sites (tertiary alicyclic amines) is 1. The van der Waals surface area contributed by atoms with Gasteiger partial charge in [0.25, 0.3) is 5.91 Å². The number of likely N-dealkylation sites (N-methyl/N-ethyl adjacent to an activating group) is 1. The zero-order valence-electron chi connectivity index (χ0n) is 41.8. The first kappa shape index (κ1) is 52.0. The minimum absolute atomic E-state index is 0.108. The van der Waals surface area contributed by atoms with Gasteiger partial charge in [-0.3, -0.25) is 34.2 Å². The second kappa shape index (κ2) is 21.0. The second-order valence-corrected chi connectivity index (χ2v) is 20.3. The summed E-state index contributed by atoms with van der Waals surface area (Å²) in [4.78, 5) is 84.4. The van der Waals surface area contributed by atoms with Crippen LogP contribution < -0.4 is 10.7 Å². The molecule has 3 saturated heterocycles. The molecule has 8 rings (SSSR count). The van der Waals surface area contributed by atoms with Crippen LogP contribution >= 0.6 is 0 Å².